The number of benzene rings is 1. The number of amides is 2. The molecule has 0 aromatic heterocycles. The van der Waals surface area contributed by atoms with E-state index in [2.05, 4.69) is 60.9 Å². The van der Waals surface area contributed by atoms with E-state index in [9.17, 15) is 9.59 Å². The van der Waals surface area contributed by atoms with Gasteiger partial charge in [0, 0.05) is 19.0 Å². The van der Waals surface area contributed by atoms with E-state index in [-0.39, 0.29) is 11.9 Å². The van der Waals surface area contributed by atoms with Gasteiger partial charge in [0.05, 0.1) is 12.9 Å². The molecule has 2 atom stereocenters. The maximum Gasteiger partial charge on any atom is 0.407 e. The Morgan fingerprint density at radius 1 is 1.06 bits per heavy atom. The standard InChI is InChI=1S/C19H30N4O3.C6H12.C2H4/c1-13-7-9-16(10-8-13)12-17(23-19(25)26-4)18(24)22-14(2)6-5-11-21-15(3)20;1-5(2)6(3)4;1-2/h7-10,14,17,21H,3,5-6,11-12,20H2,1-2,4H3,(H,22,24)(H,23,25);6H,1H2,2-4H3;1-2H2/t14-,17-;;/m0../s1. The lowest BCUT2D eigenvalue weighted by molar-refractivity contribution is -0.123. The van der Waals surface area contributed by atoms with Crippen LogP contribution in [0.25, 0.3) is 0 Å². The minimum absolute atomic E-state index is 0.0321. The first-order valence-electron chi connectivity index (χ1n) is 11.5. The molecule has 0 aliphatic heterocycles. The lowest BCUT2D eigenvalue weighted by Crippen LogP contribution is -2.50. The van der Waals surface area contributed by atoms with Crippen molar-refractivity contribution >= 4 is 12.0 Å². The average Bonchev–Trinajstić information content (AvgIpc) is 2.79. The molecule has 7 nitrogen and oxygen atoms in total. The number of aryl methyl sites for hydroxylation is 1. The Bertz CT molecular complexity index is 745. The van der Waals surface area contributed by atoms with Gasteiger partial charge >= 0.3 is 6.09 Å². The molecule has 7 heteroatoms. The first-order chi connectivity index (χ1) is 16.0. The summed E-state index contributed by atoms with van der Waals surface area (Å²) in [4.78, 5) is 24.2. The number of nitrogens with one attached hydrogen (secondary N) is 3. The summed E-state index contributed by atoms with van der Waals surface area (Å²) in [6.45, 7) is 24.3. The smallest absolute Gasteiger partial charge is 0.407 e. The van der Waals surface area contributed by atoms with Crippen molar-refractivity contribution in [3.05, 3.63) is 73.1 Å². The number of rotatable bonds is 11. The molecule has 0 aliphatic carbocycles. The molecule has 1 aromatic carbocycles. The van der Waals surface area contributed by atoms with E-state index in [1.807, 2.05) is 45.0 Å². The van der Waals surface area contributed by atoms with Gasteiger partial charge in [0.1, 0.15) is 6.04 Å². The summed E-state index contributed by atoms with van der Waals surface area (Å²) in [5.74, 6) is 0.854. The van der Waals surface area contributed by atoms with Gasteiger partial charge in [-0.05, 0) is 45.1 Å². The van der Waals surface area contributed by atoms with Crippen LogP contribution >= 0.6 is 0 Å². The lowest BCUT2D eigenvalue weighted by atomic mass is 10.0. The summed E-state index contributed by atoms with van der Waals surface area (Å²) in [7, 11) is 1.27. The van der Waals surface area contributed by atoms with Gasteiger partial charge < -0.3 is 26.4 Å². The number of carbonyl (C=O) groups is 2. The zero-order valence-corrected chi connectivity index (χ0v) is 22.0. The summed E-state index contributed by atoms with van der Waals surface area (Å²) in [5.41, 5.74) is 8.80. The lowest BCUT2D eigenvalue weighted by Gasteiger charge is -2.21. The SMILES string of the molecule is C=C.C=C(C)C(C)C.C=C(N)NCCC[C@H](C)NC(=O)[C@H](Cc1ccc(C)cc1)NC(=O)OC. The molecule has 0 saturated carbocycles. The molecule has 34 heavy (non-hydrogen) atoms. The maximum absolute atomic E-state index is 12.6. The van der Waals surface area contributed by atoms with Crippen molar-refractivity contribution in [3.63, 3.8) is 0 Å². The van der Waals surface area contributed by atoms with Gasteiger partial charge in [0.2, 0.25) is 5.91 Å². The highest BCUT2D eigenvalue weighted by Gasteiger charge is 2.22. The Balaban J connectivity index is 0. The van der Waals surface area contributed by atoms with Crippen molar-refractivity contribution in [3.8, 4) is 0 Å². The third-order valence-electron chi connectivity index (χ3n) is 4.89. The molecule has 5 N–H and O–H groups in total. The third kappa shape index (κ3) is 17.3. The fraction of sp³-hybridized carbons (Fsp3) is 0.481. The van der Waals surface area contributed by atoms with Gasteiger partial charge in [0.25, 0.3) is 0 Å². The van der Waals surface area contributed by atoms with E-state index in [0.29, 0.717) is 24.7 Å². The summed E-state index contributed by atoms with van der Waals surface area (Å²) in [6.07, 6.45) is 1.38. The van der Waals surface area contributed by atoms with Crippen LogP contribution in [-0.2, 0) is 16.0 Å². The molecule has 2 amide bonds. The predicted molar refractivity (Wildman–Crippen MR) is 143 cm³/mol. The van der Waals surface area contributed by atoms with Crippen LogP contribution in [0.4, 0.5) is 4.79 Å². The molecule has 0 bridgehead atoms. The Morgan fingerprint density at radius 3 is 2.03 bits per heavy atom. The number of hydrogen-bond acceptors (Lipinski definition) is 5. The van der Waals surface area contributed by atoms with Crippen LogP contribution in [0.2, 0.25) is 0 Å². The van der Waals surface area contributed by atoms with E-state index in [4.69, 9.17) is 5.73 Å². The molecule has 192 valence electrons. The number of carbonyl (C=O) groups excluding carboxylic acids is 2. The van der Waals surface area contributed by atoms with Crippen molar-refractivity contribution < 1.29 is 14.3 Å². The minimum Gasteiger partial charge on any atom is -0.453 e. The van der Waals surface area contributed by atoms with Crippen LogP contribution in [0.5, 0.6) is 0 Å². The average molecular weight is 475 g/mol. The zero-order chi connectivity index (χ0) is 26.7. The molecular formula is C27H46N4O3. The highest BCUT2D eigenvalue weighted by atomic mass is 16.5. The summed E-state index contributed by atoms with van der Waals surface area (Å²) in [5, 5.41) is 8.49. The van der Waals surface area contributed by atoms with Gasteiger partial charge in [0.15, 0.2) is 0 Å². The summed E-state index contributed by atoms with van der Waals surface area (Å²) in [6, 6.07) is 7.12. The van der Waals surface area contributed by atoms with Crippen molar-refractivity contribution in [2.24, 2.45) is 11.7 Å². The van der Waals surface area contributed by atoms with Crippen LogP contribution in [0.1, 0.15) is 51.7 Å². The first-order valence-corrected chi connectivity index (χ1v) is 11.5. The highest BCUT2D eigenvalue weighted by molar-refractivity contribution is 5.86. The van der Waals surface area contributed by atoms with Gasteiger partial charge in [-0.3, -0.25) is 4.79 Å². The number of methoxy groups -OCH3 is 1. The topological polar surface area (TPSA) is 105 Å². The highest BCUT2D eigenvalue weighted by Crippen LogP contribution is 2.08. The second-order valence-electron chi connectivity index (χ2n) is 8.38. The normalized spacial score (nSPS) is 11.4. The van der Waals surface area contributed by atoms with Crippen molar-refractivity contribution in [2.75, 3.05) is 13.7 Å². The second-order valence-corrected chi connectivity index (χ2v) is 8.38. The molecule has 0 aliphatic rings. The van der Waals surface area contributed by atoms with E-state index in [1.165, 1.54) is 12.7 Å². The molecule has 0 radical (unpaired) electrons. The summed E-state index contributed by atoms with van der Waals surface area (Å²) < 4.78 is 4.64. The van der Waals surface area contributed by atoms with Gasteiger partial charge in [-0.2, -0.15) is 0 Å². The number of nitrogens with two attached hydrogens (primary N) is 1. The monoisotopic (exact) mass is 474 g/mol. The predicted octanol–water partition coefficient (Wildman–Crippen LogP) is 4.59. The number of alkyl carbamates (subject to hydrolysis) is 1. The Kier molecular flexibility index (Phi) is 18.7. The van der Waals surface area contributed by atoms with Gasteiger partial charge in [-0.25, -0.2) is 4.79 Å². The van der Waals surface area contributed by atoms with Crippen LogP contribution in [0.15, 0.2) is 62.0 Å². The molecule has 0 saturated heterocycles. The zero-order valence-electron chi connectivity index (χ0n) is 22.0. The van der Waals surface area contributed by atoms with Gasteiger partial charge in [-0.1, -0.05) is 62.4 Å². The number of allylic oxidation sites excluding steroid dienone is 1. The van der Waals surface area contributed by atoms with Crippen molar-refractivity contribution in [2.45, 2.75) is 66.0 Å². The van der Waals surface area contributed by atoms with Crippen LogP contribution < -0.4 is 21.7 Å². The second kappa shape index (κ2) is 19.3. The maximum atomic E-state index is 12.6. The molecule has 1 rings (SSSR count). The van der Waals surface area contributed by atoms with E-state index in [1.54, 1.807) is 0 Å². The molecule has 0 spiro atoms. The molecule has 0 unspecified atom stereocenters. The molecular weight excluding hydrogens is 428 g/mol. The van der Waals surface area contributed by atoms with Crippen molar-refractivity contribution in [1.82, 2.24) is 16.0 Å². The van der Waals surface area contributed by atoms with Crippen LogP contribution in [-0.4, -0.2) is 37.7 Å². The Morgan fingerprint density at radius 2 is 1.59 bits per heavy atom. The molecule has 0 heterocycles. The fourth-order valence-corrected chi connectivity index (χ4v) is 2.44. The largest absolute Gasteiger partial charge is 0.453 e. The Labute approximate surface area is 206 Å². The Hall–Kier alpha value is -3.22. The van der Waals surface area contributed by atoms with Crippen LogP contribution in [0, 0.1) is 12.8 Å². The summed E-state index contributed by atoms with van der Waals surface area (Å²) >= 11 is 0. The quantitative estimate of drug-likeness (QED) is 0.277. The molecule has 0 fully saturated rings. The van der Waals surface area contributed by atoms with E-state index in [0.717, 1.165) is 24.0 Å². The van der Waals surface area contributed by atoms with Crippen molar-refractivity contribution in [1.29, 1.82) is 0 Å². The van der Waals surface area contributed by atoms with Gasteiger partial charge in [-0.15, -0.1) is 13.2 Å². The number of hydrogen-bond donors (Lipinski definition) is 4. The third-order valence-corrected chi connectivity index (χ3v) is 4.89. The number of ether oxygens (including phenoxy) is 1. The van der Waals surface area contributed by atoms with Crippen LogP contribution in [0.3, 0.4) is 0 Å². The minimum atomic E-state index is -0.699. The van der Waals surface area contributed by atoms with E-state index >= 15 is 0 Å². The molecule has 1 aromatic rings. The van der Waals surface area contributed by atoms with E-state index < -0.39 is 12.1 Å². The first kappa shape index (κ1) is 33.0. The fourth-order valence-electron chi connectivity index (χ4n) is 2.44.